The third-order valence-electron chi connectivity index (χ3n) is 4.46. The molecule has 4 heteroatoms. The summed E-state index contributed by atoms with van der Waals surface area (Å²) < 4.78 is 3.10. The SMILES string of the molecule is CCC1CCC(N)(Cc2c(Br)c(C)nn2C)CC1. The molecular weight excluding hydrogens is 290 g/mol. The molecular formula is C14H24BrN3. The lowest BCUT2D eigenvalue weighted by Crippen LogP contribution is -2.45. The Bertz CT molecular complexity index is 417. The van der Waals surface area contributed by atoms with Crippen LogP contribution in [-0.4, -0.2) is 15.3 Å². The topological polar surface area (TPSA) is 43.8 Å². The van der Waals surface area contributed by atoms with E-state index in [9.17, 15) is 0 Å². The summed E-state index contributed by atoms with van der Waals surface area (Å²) >= 11 is 3.64. The van der Waals surface area contributed by atoms with Gasteiger partial charge in [-0.25, -0.2) is 0 Å². The van der Waals surface area contributed by atoms with E-state index in [2.05, 4.69) is 28.0 Å². The zero-order valence-electron chi connectivity index (χ0n) is 11.7. The van der Waals surface area contributed by atoms with Gasteiger partial charge in [-0.1, -0.05) is 13.3 Å². The minimum atomic E-state index is -0.0333. The molecule has 2 N–H and O–H groups in total. The Balaban J connectivity index is 2.09. The molecule has 0 radical (unpaired) electrons. The molecule has 0 unspecified atom stereocenters. The number of hydrogen-bond donors (Lipinski definition) is 1. The van der Waals surface area contributed by atoms with Gasteiger partial charge in [-0.15, -0.1) is 0 Å². The quantitative estimate of drug-likeness (QED) is 0.930. The van der Waals surface area contributed by atoms with Crippen LogP contribution in [-0.2, 0) is 13.5 Å². The smallest absolute Gasteiger partial charge is 0.0738 e. The molecule has 18 heavy (non-hydrogen) atoms. The lowest BCUT2D eigenvalue weighted by atomic mass is 9.74. The van der Waals surface area contributed by atoms with Crippen LogP contribution in [0.3, 0.4) is 0 Å². The highest BCUT2D eigenvalue weighted by Gasteiger charge is 2.33. The van der Waals surface area contributed by atoms with Crippen LogP contribution in [0.4, 0.5) is 0 Å². The first kappa shape index (κ1) is 14.1. The summed E-state index contributed by atoms with van der Waals surface area (Å²) in [5.41, 5.74) is 8.85. The predicted octanol–water partition coefficient (Wildman–Crippen LogP) is 3.33. The van der Waals surface area contributed by atoms with Gasteiger partial charge in [0.05, 0.1) is 15.9 Å². The fraction of sp³-hybridized carbons (Fsp3) is 0.786. The lowest BCUT2D eigenvalue weighted by molar-refractivity contribution is 0.225. The van der Waals surface area contributed by atoms with Crippen molar-refractivity contribution in [2.75, 3.05) is 0 Å². The second-order valence-electron chi connectivity index (χ2n) is 5.86. The van der Waals surface area contributed by atoms with Crippen LogP contribution in [0.2, 0.25) is 0 Å². The van der Waals surface area contributed by atoms with E-state index in [1.807, 2.05) is 18.7 Å². The summed E-state index contributed by atoms with van der Waals surface area (Å²) in [7, 11) is 2.01. The average molecular weight is 314 g/mol. The van der Waals surface area contributed by atoms with Crippen molar-refractivity contribution in [3.8, 4) is 0 Å². The van der Waals surface area contributed by atoms with Gasteiger partial charge in [0.2, 0.25) is 0 Å². The van der Waals surface area contributed by atoms with Gasteiger partial charge in [0.1, 0.15) is 0 Å². The maximum absolute atomic E-state index is 6.59. The molecule has 1 heterocycles. The van der Waals surface area contributed by atoms with Crippen molar-refractivity contribution in [2.24, 2.45) is 18.7 Å². The Kier molecular flexibility index (Phi) is 4.17. The van der Waals surface area contributed by atoms with E-state index >= 15 is 0 Å². The van der Waals surface area contributed by atoms with Crippen molar-refractivity contribution >= 4 is 15.9 Å². The molecule has 102 valence electrons. The molecule has 0 amide bonds. The zero-order chi connectivity index (χ0) is 13.3. The van der Waals surface area contributed by atoms with Crippen LogP contribution < -0.4 is 5.73 Å². The lowest BCUT2D eigenvalue weighted by Gasteiger charge is -2.37. The second kappa shape index (κ2) is 5.33. The highest BCUT2D eigenvalue weighted by Crippen LogP contribution is 2.35. The summed E-state index contributed by atoms with van der Waals surface area (Å²) in [5, 5.41) is 4.45. The fourth-order valence-electron chi connectivity index (χ4n) is 3.04. The van der Waals surface area contributed by atoms with E-state index in [1.54, 1.807) is 0 Å². The number of nitrogens with two attached hydrogens (primary N) is 1. The van der Waals surface area contributed by atoms with Crippen molar-refractivity contribution in [2.45, 2.75) is 57.9 Å². The van der Waals surface area contributed by atoms with Gasteiger partial charge in [0.25, 0.3) is 0 Å². The molecule has 1 aliphatic carbocycles. The van der Waals surface area contributed by atoms with Crippen LogP contribution in [0.1, 0.15) is 50.4 Å². The molecule has 0 atom stereocenters. The molecule has 1 aromatic heterocycles. The minimum Gasteiger partial charge on any atom is -0.325 e. The molecule has 1 aromatic rings. The summed E-state index contributed by atoms with van der Waals surface area (Å²) in [6.45, 7) is 4.32. The standard InChI is InChI=1S/C14H24BrN3/c1-4-11-5-7-14(16,8-6-11)9-12-13(15)10(2)17-18(12)3/h11H,4-9,16H2,1-3H3. The highest BCUT2D eigenvalue weighted by molar-refractivity contribution is 9.10. The van der Waals surface area contributed by atoms with Crippen LogP contribution in [0, 0.1) is 12.8 Å². The van der Waals surface area contributed by atoms with E-state index in [0.29, 0.717) is 0 Å². The van der Waals surface area contributed by atoms with E-state index in [-0.39, 0.29) is 5.54 Å². The van der Waals surface area contributed by atoms with Gasteiger partial charge >= 0.3 is 0 Å². The van der Waals surface area contributed by atoms with E-state index in [4.69, 9.17) is 5.73 Å². The molecule has 0 aromatic carbocycles. The molecule has 1 aliphatic rings. The van der Waals surface area contributed by atoms with Crippen molar-refractivity contribution in [3.63, 3.8) is 0 Å². The Morgan fingerprint density at radius 1 is 1.44 bits per heavy atom. The van der Waals surface area contributed by atoms with E-state index in [1.165, 1.54) is 25.0 Å². The molecule has 0 saturated heterocycles. The van der Waals surface area contributed by atoms with Gasteiger partial charge in [-0.05, 0) is 54.5 Å². The summed E-state index contributed by atoms with van der Waals surface area (Å²) in [6, 6.07) is 0. The monoisotopic (exact) mass is 313 g/mol. The third kappa shape index (κ3) is 2.80. The van der Waals surface area contributed by atoms with Crippen LogP contribution >= 0.6 is 15.9 Å². The largest absolute Gasteiger partial charge is 0.325 e. The van der Waals surface area contributed by atoms with Crippen molar-refractivity contribution in [1.29, 1.82) is 0 Å². The first-order valence-electron chi connectivity index (χ1n) is 6.92. The van der Waals surface area contributed by atoms with Crippen LogP contribution in [0.15, 0.2) is 4.47 Å². The highest BCUT2D eigenvalue weighted by atomic mass is 79.9. The molecule has 3 nitrogen and oxygen atoms in total. The van der Waals surface area contributed by atoms with Gasteiger partial charge in [0.15, 0.2) is 0 Å². The molecule has 1 fully saturated rings. The first-order valence-corrected chi connectivity index (χ1v) is 7.71. The normalized spacial score (nSPS) is 28.6. The van der Waals surface area contributed by atoms with Gasteiger partial charge in [-0.2, -0.15) is 5.10 Å². The molecule has 0 aliphatic heterocycles. The Morgan fingerprint density at radius 2 is 2.06 bits per heavy atom. The minimum absolute atomic E-state index is 0.0333. The second-order valence-corrected chi connectivity index (χ2v) is 6.65. The first-order chi connectivity index (χ1) is 8.45. The molecule has 2 rings (SSSR count). The van der Waals surface area contributed by atoms with Crippen molar-refractivity contribution in [3.05, 3.63) is 15.9 Å². The van der Waals surface area contributed by atoms with E-state index in [0.717, 1.165) is 35.3 Å². The average Bonchev–Trinajstić information content (AvgIpc) is 2.57. The summed E-state index contributed by atoms with van der Waals surface area (Å²) in [5.74, 6) is 0.887. The van der Waals surface area contributed by atoms with Gasteiger partial charge in [0, 0.05) is 19.0 Å². The van der Waals surface area contributed by atoms with Crippen LogP contribution in [0.5, 0.6) is 0 Å². The summed E-state index contributed by atoms with van der Waals surface area (Å²) in [4.78, 5) is 0. The number of hydrogen-bond acceptors (Lipinski definition) is 2. The van der Waals surface area contributed by atoms with Gasteiger partial charge < -0.3 is 5.73 Å². The number of aryl methyl sites for hydroxylation is 2. The fourth-order valence-corrected chi connectivity index (χ4v) is 3.52. The molecule has 0 spiro atoms. The number of nitrogens with zero attached hydrogens (tertiary/aromatic N) is 2. The van der Waals surface area contributed by atoms with Crippen LogP contribution in [0.25, 0.3) is 0 Å². The third-order valence-corrected chi connectivity index (χ3v) is 5.49. The number of rotatable bonds is 3. The Hall–Kier alpha value is -0.350. The van der Waals surface area contributed by atoms with E-state index < -0.39 is 0 Å². The zero-order valence-corrected chi connectivity index (χ0v) is 13.3. The predicted molar refractivity (Wildman–Crippen MR) is 78.5 cm³/mol. The molecule has 0 bridgehead atoms. The maximum atomic E-state index is 6.59. The maximum Gasteiger partial charge on any atom is 0.0738 e. The van der Waals surface area contributed by atoms with Gasteiger partial charge in [-0.3, -0.25) is 4.68 Å². The Morgan fingerprint density at radius 3 is 2.50 bits per heavy atom. The Labute approximate surface area is 118 Å². The van der Waals surface area contributed by atoms with Crippen molar-refractivity contribution < 1.29 is 0 Å². The number of aromatic nitrogens is 2. The summed E-state index contributed by atoms with van der Waals surface area (Å²) in [6.07, 6.45) is 7.07. The number of halogens is 1. The van der Waals surface area contributed by atoms with Crippen molar-refractivity contribution in [1.82, 2.24) is 9.78 Å². The molecule has 1 saturated carbocycles.